The third-order valence-corrected chi connectivity index (χ3v) is 4.87. The molecule has 2 aromatic heterocycles. The molecule has 1 N–H and O–H groups in total. The lowest BCUT2D eigenvalue weighted by Crippen LogP contribution is -2.16. The first-order valence-electron chi connectivity index (χ1n) is 7.22. The number of hydrogen-bond donors (Lipinski definition) is 1. The van der Waals surface area contributed by atoms with Gasteiger partial charge in [-0.15, -0.1) is 11.3 Å². The van der Waals surface area contributed by atoms with E-state index in [-0.39, 0.29) is 0 Å². The Morgan fingerprint density at radius 3 is 2.81 bits per heavy atom. The van der Waals surface area contributed by atoms with Crippen molar-refractivity contribution >= 4 is 33.9 Å². The molecule has 0 bridgehead atoms. The van der Waals surface area contributed by atoms with Crippen molar-refractivity contribution in [1.82, 2.24) is 5.32 Å². The van der Waals surface area contributed by atoms with Crippen molar-refractivity contribution in [3.8, 4) is 0 Å². The molecule has 2 nitrogen and oxygen atoms in total. The van der Waals surface area contributed by atoms with E-state index in [0.717, 1.165) is 41.6 Å². The molecule has 0 amide bonds. The smallest absolute Gasteiger partial charge is 0.134 e. The maximum Gasteiger partial charge on any atom is 0.134 e. The van der Waals surface area contributed by atoms with Crippen LogP contribution in [0.4, 0.5) is 0 Å². The van der Waals surface area contributed by atoms with Gasteiger partial charge in [-0.2, -0.15) is 0 Å². The van der Waals surface area contributed by atoms with Crippen LogP contribution in [0.25, 0.3) is 11.0 Å². The second-order valence-electron chi connectivity index (χ2n) is 4.99. The number of rotatable bonds is 6. The van der Waals surface area contributed by atoms with Gasteiger partial charge in [-0.1, -0.05) is 36.7 Å². The summed E-state index contributed by atoms with van der Waals surface area (Å²) in [7, 11) is 0. The van der Waals surface area contributed by atoms with Gasteiger partial charge >= 0.3 is 0 Å². The second kappa shape index (κ2) is 6.65. The Hall–Kier alpha value is -1.29. The van der Waals surface area contributed by atoms with Crippen LogP contribution in [0.3, 0.4) is 0 Å². The molecule has 0 atom stereocenters. The molecule has 110 valence electrons. The predicted molar refractivity (Wildman–Crippen MR) is 90.3 cm³/mol. The van der Waals surface area contributed by atoms with E-state index in [2.05, 4.69) is 30.4 Å². The first-order valence-corrected chi connectivity index (χ1v) is 8.41. The molecule has 0 spiro atoms. The topological polar surface area (TPSA) is 25.2 Å². The number of benzene rings is 1. The zero-order valence-corrected chi connectivity index (χ0v) is 13.6. The molecular formula is C17H18ClNOS. The lowest BCUT2D eigenvalue weighted by atomic mass is 10.1. The fourth-order valence-corrected chi connectivity index (χ4v) is 3.63. The highest BCUT2D eigenvalue weighted by Crippen LogP contribution is 2.26. The third kappa shape index (κ3) is 3.31. The van der Waals surface area contributed by atoms with Gasteiger partial charge in [0.05, 0.1) is 4.34 Å². The van der Waals surface area contributed by atoms with Crippen molar-refractivity contribution in [3.05, 3.63) is 56.9 Å². The summed E-state index contributed by atoms with van der Waals surface area (Å²) >= 11 is 7.60. The first-order chi connectivity index (χ1) is 10.3. The summed E-state index contributed by atoms with van der Waals surface area (Å²) in [6.45, 7) is 3.92. The molecule has 0 aliphatic heterocycles. The number of fused-ring (bicyclic) bond motifs is 1. The van der Waals surface area contributed by atoms with Crippen molar-refractivity contribution in [2.75, 3.05) is 6.54 Å². The third-order valence-electron chi connectivity index (χ3n) is 3.58. The minimum atomic E-state index is 0.847. The quantitative estimate of drug-likeness (QED) is 0.644. The SMILES string of the molecule is CCc1oc2ccccc2c1CNCCc1ccc(Cl)s1. The van der Waals surface area contributed by atoms with Crippen LogP contribution < -0.4 is 5.32 Å². The van der Waals surface area contributed by atoms with E-state index in [1.807, 2.05) is 18.2 Å². The van der Waals surface area contributed by atoms with E-state index >= 15 is 0 Å². The average molecular weight is 320 g/mol. The summed E-state index contributed by atoms with van der Waals surface area (Å²) in [5.41, 5.74) is 2.27. The lowest BCUT2D eigenvalue weighted by Gasteiger charge is -2.04. The Morgan fingerprint density at radius 2 is 2.05 bits per heavy atom. The molecule has 0 saturated heterocycles. The molecule has 0 radical (unpaired) electrons. The predicted octanol–water partition coefficient (Wildman–Crippen LogP) is 5.04. The van der Waals surface area contributed by atoms with Gasteiger partial charge in [-0.3, -0.25) is 0 Å². The summed E-state index contributed by atoms with van der Waals surface area (Å²) < 4.78 is 6.77. The summed E-state index contributed by atoms with van der Waals surface area (Å²) in [4.78, 5) is 1.32. The number of furan rings is 1. The van der Waals surface area contributed by atoms with Gasteiger partial charge < -0.3 is 9.73 Å². The number of aryl methyl sites for hydroxylation is 1. The van der Waals surface area contributed by atoms with Gasteiger partial charge in [-0.05, 0) is 24.6 Å². The molecule has 3 rings (SSSR count). The summed E-state index contributed by atoms with van der Waals surface area (Å²) in [6.07, 6.45) is 1.93. The molecule has 21 heavy (non-hydrogen) atoms. The molecule has 3 aromatic rings. The van der Waals surface area contributed by atoms with E-state index in [1.165, 1.54) is 15.8 Å². The van der Waals surface area contributed by atoms with Gasteiger partial charge in [0.1, 0.15) is 11.3 Å². The molecule has 0 saturated carbocycles. The lowest BCUT2D eigenvalue weighted by molar-refractivity contribution is 0.544. The molecule has 0 unspecified atom stereocenters. The number of hydrogen-bond acceptors (Lipinski definition) is 3. The molecule has 2 heterocycles. The Morgan fingerprint density at radius 1 is 1.19 bits per heavy atom. The van der Waals surface area contributed by atoms with Crippen molar-refractivity contribution < 1.29 is 4.42 Å². The zero-order chi connectivity index (χ0) is 14.7. The van der Waals surface area contributed by atoms with Crippen LogP contribution in [0.5, 0.6) is 0 Å². The number of nitrogens with one attached hydrogen (secondary N) is 1. The van der Waals surface area contributed by atoms with E-state index in [4.69, 9.17) is 16.0 Å². The highest BCUT2D eigenvalue weighted by Gasteiger charge is 2.11. The van der Waals surface area contributed by atoms with Gasteiger partial charge in [-0.25, -0.2) is 0 Å². The Labute approximate surface area is 133 Å². The minimum absolute atomic E-state index is 0.847. The van der Waals surface area contributed by atoms with Crippen molar-refractivity contribution in [1.29, 1.82) is 0 Å². The number of para-hydroxylation sites is 1. The summed E-state index contributed by atoms with van der Waals surface area (Å²) in [5, 5.41) is 4.74. The van der Waals surface area contributed by atoms with Crippen molar-refractivity contribution in [2.24, 2.45) is 0 Å². The maximum absolute atomic E-state index is 5.95. The normalized spacial score (nSPS) is 11.3. The van der Waals surface area contributed by atoms with E-state index in [1.54, 1.807) is 11.3 Å². The largest absolute Gasteiger partial charge is 0.461 e. The van der Waals surface area contributed by atoms with Gasteiger partial charge in [0.25, 0.3) is 0 Å². The van der Waals surface area contributed by atoms with Crippen LogP contribution in [0.2, 0.25) is 4.34 Å². The standard InChI is InChI=1S/C17H18ClNOS/c1-2-15-14(13-5-3-4-6-16(13)20-15)11-19-10-9-12-7-8-17(18)21-12/h3-8,19H,2,9-11H2,1H3. The average Bonchev–Trinajstić information content (AvgIpc) is 3.07. The molecule has 1 aromatic carbocycles. The molecule has 4 heteroatoms. The van der Waals surface area contributed by atoms with E-state index in [9.17, 15) is 0 Å². The summed E-state index contributed by atoms with van der Waals surface area (Å²) in [5.74, 6) is 1.09. The van der Waals surface area contributed by atoms with E-state index in [0.29, 0.717) is 0 Å². The zero-order valence-electron chi connectivity index (χ0n) is 12.0. The van der Waals surface area contributed by atoms with Crippen LogP contribution in [-0.4, -0.2) is 6.54 Å². The van der Waals surface area contributed by atoms with Crippen molar-refractivity contribution in [3.63, 3.8) is 0 Å². The fraction of sp³-hybridized carbons (Fsp3) is 0.294. The first kappa shape index (κ1) is 14.6. The van der Waals surface area contributed by atoms with Crippen LogP contribution in [-0.2, 0) is 19.4 Å². The minimum Gasteiger partial charge on any atom is -0.461 e. The van der Waals surface area contributed by atoms with Crippen molar-refractivity contribution in [2.45, 2.75) is 26.3 Å². The number of thiophene rings is 1. The monoisotopic (exact) mass is 319 g/mol. The summed E-state index contributed by atoms with van der Waals surface area (Å²) in [6, 6.07) is 12.3. The molecule has 0 fully saturated rings. The van der Waals surface area contributed by atoms with E-state index < -0.39 is 0 Å². The van der Waals surface area contributed by atoms with Crippen LogP contribution >= 0.6 is 22.9 Å². The molecule has 0 aliphatic rings. The van der Waals surface area contributed by atoms with Crippen LogP contribution in [0, 0.1) is 0 Å². The second-order valence-corrected chi connectivity index (χ2v) is 6.79. The van der Waals surface area contributed by atoms with Crippen LogP contribution in [0.1, 0.15) is 23.1 Å². The van der Waals surface area contributed by atoms with Gasteiger partial charge in [0.15, 0.2) is 0 Å². The number of halogens is 1. The maximum atomic E-state index is 5.95. The fourth-order valence-electron chi connectivity index (χ4n) is 2.54. The Bertz CT molecular complexity index is 731. The highest BCUT2D eigenvalue weighted by atomic mass is 35.5. The van der Waals surface area contributed by atoms with Crippen LogP contribution in [0.15, 0.2) is 40.8 Å². The molecular weight excluding hydrogens is 302 g/mol. The molecule has 0 aliphatic carbocycles. The Balaban J connectivity index is 1.64. The van der Waals surface area contributed by atoms with Gasteiger partial charge in [0, 0.05) is 35.3 Å². The Kier molecular flexibility index (Phi) is 4.63. The van der Waals surface area contributed by atoms with Gasteiger partial charge in [0.2, 0.25) is 0 Å². The highest BCUT2D eigenvalue weighted by molar-refractivity contribution is 7.16.